The number of hydrogen-bond donors (Lipinski definition) is 1. The standard InChI is InChI=1S/C55H58N6O2/c1-52(2,3)35-22-24-43(39(28-35)34-18-14-13-15-19-34)59-33-48(58-50(59)40-29-37(54(7,8)9)30-41(49(40)62)55(10,11)12)63-38-23-25-45-46(32-38)61(47-31-36(26-27-56-47)53(4,5)6)51-57-42-20-16-17-21-44(42)60(45)51/h13-33,62H,1-12H3. The maximum Gasteiger partial charge on any atom is 0.238 e. The van der Waals surface area contributed by atoms with Crippen LogP contribution >= 0.6 is 0 Å². The minimum atomic E-state index is -0.336. The number of para-hydroxylation sites is 2. The highest BCUT2D eigenvalue weighted by molar-refractivity contribution is 5.92. The molecule has 8 heteroatoms. The normalized spacial score (nSPS) is 12.8. The minimum Gasteiger partial charge on any atom is -0.507 e. The van der Waals surface area contributed by atoms with Crippen LogP contribution in [0.5, 0.6) is 17.4 Å². The smallest absolute Gasteiger partial charge is 0.238 e. The summed E-state index contributed by atoms with van der Waals surface area (Å²) in [4.78, 5) is 15.3. The van der Waals surface area contributed by atoms with Crippen LogP contribution < -0.4 is 4.74 Å². The molecule has 320 valence electrons. The Morgan fingerprint density at radius 2 is 1.22 bits per heavy atom. The van der Waals surface area contributed by atoms with Gasteiger partial charge in [0.15, 0.2) is 5.82 Å². The number of rotatable bonds is 6. The second-order valence-electron chi connectivity index (χ2n) is 21.0. The fourth-order valence-corrected chi connectivity index (χ4v) is 8.45. The SMILES string of the molecule is CC(C)(C)c1ccnc(-n2c3cc(Oc4cn(-c5ccc(C(C)(C)C)cc5-c5ccccc5)c(-c5cc(C(C)(C)C)cc(C(C)(C)C)c5O)n4)ccc3n3c4ccccc4nc23)c1. The van der Waals surface area contributed by atoms with Gasteiger partial charge in [-0.05, 0) is 98.5 Å². The Kier molecular flexibility index (Phi) is 9.74. The van der Waals surface area contributed by atoms with Crippen LogP contribution in [0.15, 0.2) is 128 Å². The second kappa shape index (κ2) is 14.7. The molecule has 1 N–H and O–H groups in total. The molecule has 8 nitrogen and oxygen atoms in total. The molecule has 0 saturated heterocycles. The number of phenols is 1. The summed E-state index contributed by atoms with van der Waals surface area (Å²) in [5, 5.41) is 12.3. The van der Waals surface area contributed by atoms with Gasteiger partial charge in [0.25, 0.3) is 0 Å². The van der Waals surface area contributed by atoms with Gasteiger partial charge in [-0.2, -0.15) is 4.98 Å². The van der Waals surface area contributed by atoms with Crippen LogP contribution in [0.3, 0.4) is 0 Å². The van der Waals surface area contributed by atoms with Crippen molar-refractivity contribution in [3.8, 4) is 51.4 Å². The Labute approximate surface area is 370 Å². The molecule has 0 spiro atoms. The third kappa shape index (κ3) is 7.55. The summed E-state index contributed by atoms with van der Waals surface area (Å²) in [5.74, 6) is 3.33. The summed E-state index contributed by atoms with van der Waals surface area (Å²) >= 11 is 0. The van der Waals surface area contributed by atoms with E-state index in [-0.39, 0.29) is 27.4 Å². The largest absolute Gasteiger partial charge is 0.507 e. The van der Waals surface area contributed by atoms with Gasteiger partial charge >= 0.3 is 0 Å². The number of imidazole rings is 3. The van der Waals surface area contributed by atoms with E-state index in [1.165, 1.54) is 11.1 Å². The van der Waals surface area contributed by atoms with Crippen LogP contribution in [0.2, 0.25) is 0 Å². The van der Waals surface area contributed by atoms with Gasteiger partial charge in [0, 0.05) is 23.4 Å². The van der Waals surface area contributed by atoms with Gasteiger partial charge in [0.05, 0.1) is 39.5 Å². The van der Waals surface area contributed by atoms with Crippen molar-refractivity contribution in [2.75, 3.05) is 0 Å². The van der Waals surface area contributed by atoms with Gasteiger partial charge in [0.2, 0.25) is 11.7 Å². The molecular weight excluding hydrogens is 777 g/mol. The zero-order valence-electron chi connectivity index (χ0n) is 38.7. The number of aromatic nitrogens is 6. The van der Waals surface area contributed by atoms with Crippen LogP contribution in [0.25, 0.3) is 61.9 Å². The molecule has 0 aliphatic rings. The van der Waals surface area contributed by atoms with Crippen LogP contribution in [-0.4, -0.2) is 33.6 Å². The van der Waals surface area contributed by atoms with E-state index < -0.39 is 0 Å². The van der Waals surface area contributed by atoms with Crippen molar-refractivity contribution >= 4 is 27.8 Å². The fraction of sp³-hybridized carbons (Fsp3) is 0.291. The molecule has 0 radical (unpaired) electrons. The summed E-state index contributed by atoms with van der Waals surface area (Å²) < 4.78 is 13.3. The molecule has 9 rings (SSSR count). The van der Waals surface area contributed by atoms with E-state index in [4.69, 9.17) is 19.7 Å². The Hall–Kier alpha value is -6.67. The lowest BCUT2D eigenvalue weighted by Crippen LogP contribution is -2.17. The highest BCUT2D eigenvalue weighted by Gasteiger charge is 2.29. The van der Waals surface area contributed by atoms with E-state index >= 15 is 0 Å². The maximum atomic E-state index is 12.3. The van der Waals surface area contributed by atoms with E-state index in [2.05, 4.69) is 175 Å². The molecule has 0 bridgehead atoms. The van der Waals surface area contributed by atoms with Gasteiger partial charge in [-0.15, -0.1) is 0 Å². The Balaban J connectivity index is 1.28. The average molecular weight is 835 g/mol. The van der Waals surface area contributed by atoms with Gasteiger partial charge < -0.3 is 9.84 Å². The fourth-order valence-electron chi connectivity index (χ4n) is 8.45. The maximum absolute atomic E-state index is 12.3. The summed E-state index contributed by atoms with van der Waals surface area (Å²) in [6, 6.07) is 39.9. The van der Waals surface area contributed by atoms with Crippen molar-refractivity contribution in [3.63, 3.8) is 0 Å². The van der Waals surface area contributed by atoms with E-state index in [1.807, 2.05) is 48.8 Å². The second-order valence-corrected chi connectivity index (χ2v) is 21.0. The summed E-state index contributed by atoms with van der Waals surface area (Å²) in [6.45, 7) is 26.4. The third-order valence-corrected chi connectivity index (χ3v) is 12.2. The first-order chi connectivity index (χ1) is 29.7. The van der Waals surface area contributed by atoms with Gasteiger partial charge in [0.1, 0.15) is 17.3 Å². The lowest BCUT2D eigenvalue weighted by molar-refractivity contribution is 0.446. The average Bonchev–Trinajstić information content (AvgIpc) is 3.90. The van der Waals surface area contributed by atoms with E-state index in [1.54, 1.807) is 0 Å². The van der Waals surface area contributed by atoms with E-state index in [0.717, 1.165) is 61.6 Å². The Bertz CT molecular complexity index is 3190. The van der Waals surface area contributed by atoms with Crippen LogP contribution in [0, 0.1) is 0 Å². The molecule has 63 heavy (non-hydrogen) atoms. The quantitative estimate of drug-likeness (QED) is 0.180. The van der Waals surface area contributed by atoms with Crippen LogP contribution in [0.1, 0.15) is 105 Å². The topological polar surface area (TPSA) is 82.4 Å². The highest BCUT2D eigenvalue weighted by atomic mass is 16.5. The first-order valence-electron chi connectivity index (χ1n) is 21.9. The molecule has 9 aromatic rings. The molecule has 0 unspecified atom stereocenters. The molecule has 0 amide bonds. The lowest BCUT2D eigenvalue weighted by atomic mass is 9.79. The van der Waals surface area contributed by atoms with Gasteiger partial charge in [-0.3, -0.25) is 13.5 Å². The molecule has 0 saturated carbocycles. The van der Waals surface area contributed by atoms with Crippen molar-refractivity contribution in [1.29, 1.82) is 0 Å². The zero-order valence-corrected chi connectivity index (χ0v) is 38.7. The van der Waals surface area contributed by atoms with E-state index in [0.29, 0.717) is 23.0 Å². The number of benzene rings is 5. The number of aromatic hydroxyl groups is 1. The first kappa shape index (κ1) is 41.7. The first-order valence-corrected chi connectivity index (χ1v) is 21.9. The van der Waals surface area contributed by atoms with Crippen molar-refractivity contribution in [3.05, 3.63) is 150 Å². The monoisotopic (exact) mass is 834 g/mol. The Morgan fingerprint density at radius 3 is 1.92 bits per heavy atom. The zero-order chi connectivity index (χ0) is 44.8. The van der Waals surface area contributed by atoms with Crippen molar-refractivity contribution in [1.82, 2.24) is 28.5 Å². The van der Waals surface area contributed by atoms with Crippen LogP contribution in [0.4, 0.5) is 0 Å². The van der Waals surface area contributed by atoms with Gasteiger partial charge in [-0.1, -0.05) is 138 Å². The van der Waals surface area contributed by atoms with Crippen molar-refractivity contribution in [2.45, 2.75) is 105 Å². The number of ether oxygens (including phenoxy) is 1. The Morgan fingerprint density at radius 1 is 0.556 bits per heavy atom. The minimum absolute atomic E-state index is 0.0796. The molecule has 0 fully saturated rings. The molecule has 4 aromatic heterocycles. The van der Waals surface area contributed by atoms with E-state index in [9.17, 15) is 5.11 Å². The van der Waals surface area contributed by atoms with Crippen molar-refractivity contribution < 1.29 is 9.84 Å². The molecule has 5 aromatic carbocycles. The predicted octanol–water partition coefficient (Wildman–Crippen LogP) is 14.0. The highest BCUT2D eigenvalue weighted by Crippen LogP contribution is 2.45. The third-order valence-electron chi connectivity index (χ3n) is 12.2. The summed E-state index contributed by atoms with van der Waals surface area (Å²) in [6.07, 6.45) is 3.83. The molecule has 4 heterocycles. The number of pyridine rings is 1. The molecule has 0 aliphatic heterocycles. The number of fused-ring (bicyclic) bond motifs is 5. The number of phenolic OH excluding ortho intramolecular Hbond substituents is 1. The number of nitrogens with zero attached hydrogens (tertiary/aromatic N) is 6. The number of hydrogen-bond acceptors (Lipinski definition) is 5. The lowest BCUT2D eigenvalue weighted by Gasteiger charge is -2.27. The van der Waals surface area contributed by atoms with Crippen molar-refractivity contribution in [2.24, 2.45) is 0 Å². The predicted molar refractivity (Wildman–Crippen MR) is 258 cm³/mol. The molecule has 0 atom stereocenters. The summed E-state index contributed by atoms with van der Waals surface area (Å²) in [7, 11) is 0. The van der Waals surface area contributed by atoms with Gasteiger partial charge in [-0.25, -0.2) is 9.97 Å². The van der Waals surface area contributed by atoms with Crippen LogP contribution in [-0.2, 0) is 21.7 Å². The molecule has 0 aliphatic carbocycles. The molecular formula is C55H58N6O2. The summed E-state index contributed by atoms with van der Waals surface area (Å²) in [5.41, 5.74) is 11.2.